The van der Waals surface area contributed by atoms with Crippen molar-refractivity contribution in [3.8, 4) is 27.8 Å². The summed E-state index contributed by atoms with van der Waals surface area (Å²) < 4.78 is 5.17. The largest absolute Gasteiger partial charge is 0.493 e. The van der Waals surface area contributed by atoms with Crippen LogP contribution >= 0.6 is 11.3 Å². The molecule has 1 N–H and O–H groups in total. The van der Waals surface area contributed by atoms with E-state index in [1.165, 1.54) is 11.3 Å². The Morgan fingerprint density at radius 2 is 1.89 bits per heavy atom. The zero-order valence-electron chi connectivity index (χ0n) is 9.74. The summed E-state index contributed by atoms with van der Waals surface area (Å²) in [4.78, 5) is 16.6. The number of benzene rings is 1. The highest BCUT2D eigenvalue weighted by Crippen LogP contribution is 2.28. The van der Waals surface area contributed by atoms with E-state index in [-0.39, 0.29) is 17.3 Å². The van der Waals surface area contributed by atoms with E-state index in [2.05, 4.69) is 4.98 Å². The number of hydrogen-bond acceptors (Lipinski definition) is 5. The molecule has 0 fully saturated rings. The highest BCUT2D eigenvalue weighted by molar-refractivity contribution is 7.13. The molecule has 2 heterocycles. The Bertz CT molecular complexity index is 748. The lowest BCUT2D eigenvalue weighted by molar-refractivity contribution is 0.426. The number of aromatic nitrogens is 1. The minimum Gasteiger partial charge on any atom is -0.493 e. The summed E-state index contributed by atoms with van der Waals surface area (Å²) in [5.74, 6) is -0.178. The number of rotatable bonds is 2. The molecule has 0 spiro atoms. The van der Waals surface area contributed by atoms with Crippen LogP contribution in [-0.2, 0) is 0 Å². The number of nitrogens with zero attached hydrogens (tertiary/aromatic N) is 1. The van der Waals surface area contributed by atoms with Crippen molar-refractivity contribution < 1.29 is 9.52 Å². The van der Waals surface area contributed by atoms with Crippen LogP contribution in [0.15, 0.2) is 57.1 Å². The number of hydrogen-bond donors (Lipinski definition) is 1. The molecule has 0 saturated carbocycles. The minimum absolute atomic E-state index is 0.0842. The first kappa shape index (κ1) is 11.7. The Morgan fingerprint density at radius 3 is 2.53 bits per heavy atom. The second-order valence-electron chi connectivity index (χ2n) is 3.85. The molecular weight excluding hydrogens is 262 g/mol. The summed E-state index contributed by atoms with van der Waals surface area (Å²) in [5.41, 5.74) is 0.0713. The standard InChI is InChI=1S/C14H9NO3S/c16-12-11(9-5-2-1-3-6-9)14(17)18-13(15-12)10-7-4-8-19-10/h1-8,16H. The molecule has 0 amide bonds. The molecule has 0 unspecified atom stereocenters. The van der Waals surface area contributed by atoms with Crippen LogP contribution in [0.5, 0.6) is 5.88 Å². The van der Waals surface area contributed by atoms with Gasteiger partial charge in [0.1, 0.15) is 5.56 Å². The molecular formula is C14H9NO3S. The van der Waals surface area contributed by atoms with Crippen LogP contribution in [0, 0.1) is 0 Å². The predicted molar refractivity (Wildman–Crippen MR) is 73.2 cm³/mol. The summed E-state index contributed by atoms with van der Waals surface area (Å²) in [6.45, 7) is 0. The van der Waals surface area contributed by atoms with Gasteiger partial charge in [0.05, 0.1) is 4.88 Å². The molecule has 0 aliphatic heterocycles. The van der Waals surface area contributed by atoms with Crippen LogP contribution in [-0.4, -0.2) is 10.1 Å². The fraction of sp³-hybridized carbons (Fsp3) is 0. The number of thiophene rings is 1. The van der Waals surface area contributed by atoms with Gasteiger partial charge in [0.2, 0.25) is 11.8 Å². The van der Waals surface area contributed by atoms with Gasteiger partial charge in [0.15, 0.2) is 0 Å². The Kier molecular flexibility index (Phi) is 2.89. The van der Waals surface area contributed by atoms with Crippen molar-refractivity contribution in [2.45, 2.75) is 0 Å². The summed E-state index contributed by atoms with van der Waals surface area (Å²) in [6, 6.07) is 12.4. The van der Waals surface area contributed by atoms with Gasteiger partial charge in [-0.15, -0.1) is 11.3 Å². The molecule has 94 valence electrons. The summed E-state index contributed by atoms with van der Waals surface area (Å²) >= 11 is 1.39. The van der Waals surface area contributed by atoms with Crippen molar-refractivity contribution in [3.05, 3.63) is 58.3 Å². The Morgan fingerprint density at radius 1 is 1.11 bits per heavy atom. The molecule has 0 bridgehead atoms. The summed E-state index contributed by atoms with van der Waals surface area (Å²) in [7, 11) is 0. The maximum Gasteiger partial charge on any atom is 0.351 e. The van der Waals surface area contributed by atoms with Crippen LogP contribution in [0.4, 0.5) is 0 Å². The third-order valence-electron chi connectivity index (χ3n) is 2.62. The predicted octanol–water partition coefficient (Wildman–Crippen LogP) is 3.14. The van der Waals surface area contributed by atoms with Gasteiger partial charge in [-0.05, 0) is 17.0 Å². The fourth-order valence-corrected chi connectivity index (χ4v) is 2.41. The molecule has 0 radical (unpaired) electrons. The third kappa shape index (κ3) is 2.15. The lowest BCUT2D eigenvalue weighted by Crippen LogP contribution is -2.05. The maximum absolute atomic E-state index is 12.0. The molecule has 5 heteroatoms. The SMILES string of the molecule is O=c1oc(-c2cccs2)nc(O)c1-c1ccccc1. The van der Waals surface area contributed by atoms with Crippen molar-refractivity contribution >= 4 is 11.3 Å². The summed E-state index contributed by atoms with van der Waals surface area (Å²) in [5, 5.41) is 11.8. The van der Waals surface area contributed by atoms with E-state index in [0.717, 1.165) is 0 Å². The molecule has 0 saturated heterocycles. The lowest BCUT2D eigenvalue weighted by Gasteiger charge is -2.03. The van der Waals surface area contributed by atoms with Gasteiger partial charge in [-0.2, -0.15) is 4.98 Å². The highest BCUT2D eigenvalue weighted by Gasteiger charge is 2.16. The van der Waals surface area contributed by atoms with Gasteiger partial charge in [-0.3, -0.25) is 0 Å². The fourth-order valence-electron chi connectivity index (χ4n) is 1.76. The van der Waals surface area contributed by atoms with E-state index in [1.807, 2.05) is 17.5 Å². The second kappa shape index (κ2) is 4.70. The van der Waals surface area contributed by atoms with E-state index in [4.69, 9.17) is 4.42 Å². The molecule has 1 aromatic carbocycles. The highest BCUT2D eigenvalue weighted by atomic mass is 32.1. The van der Waals surface area contributed by atoms with Gasteiger partial charge in [0, 0.05) is 0 Å². The first-order chi connectivity index (χ1) is 9.25. The second-order valence-corrected chi connectivity index (χ2v) is 4.80. The first-order valence-corrected chi connectivity index (χ1v) is 6.47. The molecule has 2 aromatic heterocycles. The van der Waals surface area contributed by atoms with Crippen molar-refractivity contribution in [2.75, 3.05) is 0 Å². The van der Waals surface area contributed by atoms with Crippen LogP contribution in [0.3, 0.4) is 0 Å². The quantitative estimate of drug-likeness (QED) is 0.777. The van der Waals surface area contributed by atoms with E-state index < -0.39 is 5.63 Å². The van der Waals surface area contributed by atoms with Gasteiger partial charge in [-0.1, -0.05) is 36.4 Å². The molecule has 4 nitrogen and oxygen atoms in total. The lowest BCUT2D eigenvalue weighted by atomic mass is 10.1. The molecule has 3 rings (SSSR count). The van der Waals surface area contributed by atoms with Gasteiger partial charge < -0.3 is 9.52 Å². The van der Waals surface area contributed by atoms with Crippen LogP contribution in [0.1, 0.15) is 0 Å². The van der Waals surface area contributed by atoms with E-state index >= 15 is 0 Å². The average molecular weight is 271 g/mol. The monoisotopic (exact) mass is 271 g/mol. The number of aromatic hydroxyl groups is 1. The van der Waals surface area contributed by atoms with E-state index in [1.54, 1.807) is 30.3 Å². The van der Waals surface area contributed by atoms with Gasteiger partial charge in [-0.25, -0.2) is 4.79 Å². The average Bonchev–Trinajstić information content (AvgIpc) is 2.93. The Labute approximate surface area is 112 Å². The Balaban J connectivity index is 2.17. The molecule has 19 heavy (non-hydrogen) atoms. The maximum atomic E-state index is 12.0. The molecule has 3 aromatic rings. The summed E-state index contributed by atoms with van der Waals surface area (Å²) in [6.07, 6.45) is 0. The van der Waals surface area contributed by atoms with Crippen LogP contribution in [0.25, 0.3) is 21.9 Å². The van der Waals surface area contributed by atoms with Crippen molar-refractivity contribution in [2.24, 2.45) is 0 Å². The molecule has 0 aliphatic carbocycles. The minimum atomic E-state index is -0.595. The van der Waals surface area contributed by atoms with Gasteiger partial charge >= 0.3 is 5.63 Å². The van der Waals surface area contributed by atoms with Crippen molar-refractivity contribution in [1.82, 2.24) is 4.98 Å². The van der Waals surface area contributed by atoms with Crippen molar-refractivity contribution in [1.29, 1.82) is 0 Å². The van der Waals surface area contributed by atoms with Crippen LogP contribution in [0.2, 0.25) is 0 Å². The van der Waals surface area contributed by atoms with Gasteiger partial charge in [0.25, 0.3) is 0 Å². The van der Waals surface area contributed by atoms with Crippen LogP contribution < -0.4 is 5.63 Å². The van der Waals surface area contributed by atoms with E-state index in [9.17, 15) is 9.90 Å². The Hall–Kier alpha value is -2.40. The molecule has 0 atom stereocenters. The first-order valence-electron chi connectivity index (χ1n) is 5.59. The topological polar surface area (TPSA) is 63.3 Å². The zero-order chi connectivity index (χ0) is 13.2. The van der Waals surface area contributed by atoms with Crippen molar-refractivity contribution in [3.63, 3.8) is 0 Å². The zero-order valence-corrected chi connectivity index (χ0v) is 10.6. The normalized spacial score (nSPS) is 10.5. The smallest absolute Gasteiger partial charge is 0.351 e. The molecule has 0 aliphatic rings. The third-order valence-corrected chi connectivity index (χ3v) is 3.48. The van der Waals surface area contributed by atoms with E-state index in [0.29, 0.717) is 10.4 Å².